The van der Waals surface area contributed by atoms with Gasteiger partial charge in [0.2, 0.25) is 5.91 Å². The van der Waals surface area contributed by atoms with Gasteiger partial charge in [-0.2, -0.15) is 0 Å². The van der Waals surface area contributed by atoms with Gasteiger partial charge < -0.3 is 10.6 Å². The lowest BCUT2D eigenvalue weighted by molar-refractivity contribution is -0.114. The Balaban J connectivity index is 1.96. The van der Waals surface area contributed by atoms with Crippen molar-refractivity contribution in [1.29, 1.82) is 0 Å². The van der Waals surface area contributed by atoms with Crippen molar-refractivity contribution >= 4 is 28.9 Å². The van der Waals surface area contributed by atoms with E-state index in [0.717, 1.165) is 5.56 Å². The van der Waals surface area contributed by atoms with Crippen molar-refractivity contribution in [2.75, 3.05) is 17.2 Å². The van der Waals surface area contributed by atoms with Crippen LogP contribution in [0.25, 0.3) is 0 Å². The first-order valence-electron chi connectivity index (χ1n) is 6.10. The predicted molar refractivity (Wildman–Crippen MR) is 79.7 cm³/mol. The van der Waals surface area contributed by atoms with Gasteiger partial charge >= 0.3 is 0 Å². The molecule has 1 amide bonds. The molecule has 2 aromatic carbocycles. The maximum absolute atomic E-state index is 13.4. The highest BCUT2D eigenvalue weighted by Crippen LogP contribution is 2.22. The van der Waals surface area contributed by atoms with Gasteiger partial charge in [0.15, 0.2) is 0 Å². The van der Waals surface area contributed by atoms with Crippen molar-refractivity contribution in [3.05, 3.63) is 58.9 Å². The van der Waals surface area contributed by atoms with Gasteiger partial charge in [-0.25, -0.2) is 4.39 Å². The van der Waals surface area contributed by atoms with Crippen LogP contribution in [0.4, 0.5) is 15.8 Å². The highest BCUT2D eigenvalue weighted by molar-refractivity contribution is 6.33. The number of halogens is 2. The molecule has 2 aromatic rings. The Bertz CT molecular complexity index is 631. The van der Waals surface area contributed by atoms with Gasteiger partial charge in [0.1, 0.15) is 5.82 Å². The summed E-state index contributed by atoms with van der Waals surface area (Å²) in [5.41, 5.74) is 1.87. The maximum atomic E-state index is 13.4. The summed E-state index contributed by atoms with van der Waals surface area (Å²) in [5, 5.41) is 5.96. The van der Waals surface area contributed by atoms with E-state index in [0.29, 0.717) is 10.7 Å². The molecule has 0 aliphatic carbocycles. The molecule has 104 valence electrons. The van der Waals surface area contributed by atoms with Gasteiger partial charge in [-0.3, -0.25) is 4.79 Å². The second-order valence-corrected chi connectivity index (χ2v) is 4.77. The molecule has 5 heteroatoms. The Morgan fingerprint density at radius 1 is 1.20 bits per heavy atom. The second kappa shape index (κ2) is 6.39. The molecule has 0 saturated heterocycles. The lowest BCUT2D eigenvalue weighted by Crippen LogP contribution is -2.22. The molecule has 0 aliphatic heterocycles. The highest BCUT2D eigenvalue weighted by Gasteiger charge is 2.07. The van der Waals surface area contributed by atoms with Crippen LogP contribution in [-0.4, -0.2) is 12.5 Å². The number of hydrogen-bond acceptors (Lipinski definition) is 2. The van der Waals surface area contributed by atoms with E-state index in [9.17, 15) is 9.18 Å². The third-order valence-electron chi connectivity index (χ3n) is 2.71. The van der Waals surface area contributed by atoms with Crippen LogP contribution < -0.4 is 10.6 Å². The van der Waals surface area contributed by atoms with Gasteiger partial charge in [0.05, 0.1) is 22.9 Å². The summed E-state index contributed by atoms with van der Waals surface area (Å²) in [6.45, 7) is 1.94. The number of nitrogens with one attached hydrogen (secondary N) is 2. The third-order valence-corrected chi connectivity index (χ3v) is 3.04. The molecule has 0 bridgehead atoms. The molecule has 0 radical (unpaired) electrons. The first kappa shape index (κ1) is 14.3. The first-order chi connectivity index (χ1) is 9.56. The standard InChI is InChI=1S/C15H14ClFN2O/c1-10-6-7-11(16)14(8-10)18-9-15(20)19-13-5-3-2-4-12(13)17/h2-8,18H,9H2,1H3,(H,19,20). The zero-order valence-electron chi connectivity index (χ0n) is 10.9. The molecule has 20 heavy (non-hydrogen) atoms. The third kappa shape index (κ3) is 3.71. The number of anilines is 2. The molecular weight excluding hydrogens is 279 g/mol. The molecule has 0 aromatic heterocycles. The van der Waals surface area contributed by atoms with Crippen LogP contribution in [0, 0.1) is 12.7 Å². The average molecular weight is 293 g/mol. The number of carbonyl (C=O) groups is 1. The summed E-state index contributed by atoms with van der Waals surface area (Å²) in [6.07, 6.45) is 0. The van der Waals surface area contributed by atoms with E-state index in [2.05, 4.69) is 10.6 Å². The van der Waals surface area contributed by atoms with Crippen molar-refractivity contribution in [3.63, 3.8) is 0 Å². The average Bonchev–Trinajstić information content (AvgIpc) is 2.42. The summed E-state index contributed by atoms with van der Waals surface area (Å²) < 4.78 is 13.4. The zero-order chi connectivity index (χ0) is 14.5. The topological polar surface area (TPSA) is 41.1 Å². The van der Waals surface area contributed by atoms with Crippen molar-refractivity contribution < 1.29 is 9.18 Å². The van der Waals surface area contributed by atoms with Crippen molar-refractivity contribution in [1.82, 2.24) is 0 Å². The molecule has 0 aliphatic rings. The fourth-order valence-corrected chi connectivity index (χ4v) is 1.89. The number of carbonyl (C=O) groups excluding carboxylic acids is 1. The Kier molecular flexibility index (Phi) is 4.58. The van der Waals surface area contributed by atoms with Gasteiger partial charge in [-0.15, -0.1) is 0 Å². The number of benzene rings is 2. The van der Waals surface area contributed by atoms with Crippen LogP contribution >= 0.6 is 11.6 Å². The molecule has 0 spiro atoms. The summed E-state index contributed by atoms with van der Waals surface area (Å²) in [7, 11) is 0. The molecule has 0 unspecified atom stereocenters. The summed E-state index contributed by atoms with van der Waals surface area (Å²) >= 11 is 6.01. The van der Waals surface area contributed by atoms with Gasteiger partial charge in [0, 0.05) is 0 Å². The summed E-state index contributed by atoms with van der Waals surface area (Å²) in [6, 6.07) is 11.5. The fourth-order valence-electron chi connectivity index (χ4n) is 1.71. The SMILES string of the molecule is Cc1ccc(Cl)c(NCC(=O)Nc2ccccc2F)c1. The molecule has 2 N–H and O–H groups in total. The van der Waals surface area contributed by atoms with Crippen molar-refractivity contribution in [2.45, 2.75) is 6.92 Å². The van der Waals surface area contributed by atoms with E-state index in [1.165, 1.54) is 12.1 Å². The summed E-state index contributed by atoms with van der Waals surface area (Å²) in [4.78, 5) is 11.8. The van der Waals surface area contributed by atoms with Gasteiger partial charge in [-0.05, 0) is 36.8 Å². The molecule has 2 rings (SSSR count). The molecule has 0 saturated carbocycles. The van der Waals surface area contributed by atoms with Gasteiger partial charge in [0.25, 0.3) is 0 Å². The number of aryl methyl sites for hydroxylation is 1. The van der Waals surface area contributed by atoms with E-state index >= 15 is 0 Å². The minimum atomic E-state index is -0.463. The first-order valence-corrected chi connectivity index (χ1v) is 6.48. The zero-order valence-corrected chi connectivity index (χ0v) is 11.7. The monoisotopic (exact) mass is 292 g/mol. The van der Waals surface area contributed by atoms with E-state index in [4.69, 9.17) is 11.6 Å². The normalized spacial score (nSPS) is 10.2. The van der Waals surface area contributed by atoms with Crippen molar-refractivity contribution in [3.8, 4) is 0 Å². The Morgan fingerprint density at radius 2 is 1.95 bits per heavy atom. The second-order valence-electron chi connectivity index (χ2n) is 4.36. The van der Waals surface area contributed by atoms with E-state index in [1.54, 1.807) is 18.2 Å². The quantitative estimate of drug-likeness (QED) is 0.899. The van der Waals surface area contributed by atoms with Gasteiger partial charge in [-0.1, -0.05) is 29.8 Å². The summed E-state index contributed by atoms with van der Waals surface area (Å²) in [5.74, 6) is -0.804. The van der Waals surface area contributed by atoms with Crippen LogP contribution in [-0.2, 0) is 4.79 Å². The largest absolute Gasteiger partial charge is 0.375 e. The number of rotatable bonds is 4. The molecule has 0 atom stereocenters. The maximum Gasteiger partial charge on any atom is 0.243 e. The lowest BCUT2D eigenvalue weighted by atomic mass is 10.2. The number of amides is 1. The lowest BCUT2D eigenvalue weighted by Gasteiger charge is -2.10. The Morgan fingerprint density at radius 3 is 2.70 bits per heavy atom. The Labute approximate surface area is 121 Å². The van der Waals surface area contributed by atoms with E-state index < -0.39 is 5.82 Å². The molecule has 0 fully saturated rings. The molecular formula is C15H14ClFN2O. The van der Waals surface area contributed by atoms with E-state index in [1.807, 2.05) is 19.1 Å². The van der Waals surface area contributed by atoms with Crippen LogP contribution in [0.2, 0.25) is 5.02 Å². The fraction of sp³-hybridized carbons (Fsp3) is 0.133. The van der Waals surface area contributed by atoms with Crippen LogP contribution in [0.1, 0.15) is 5.56 Å². The predicted octanol–water partition coefficient (Wildman–Crippen LogP) is 3.84. The van der Waals surface area contributed by atoms with Crippen LogP contribution in [0.5, 0.6) is 0 Å². The number of hydrogen-bond donors (Lipinski definition) is 2. The van der Waals surface area contributed by atoms with E-state index in [-0.39, 0.29) is 18.1 Å². The van der Waals surface area contributed by atoms with Crippen molar-refractivity contribution in [2.24, 2.45) is 0 Å². The molecule has 3 nitrogen and oxygen atoms in total. The Hall–Kier alpha value is -2.07. The van der Waals surface area contributed by atoms with Crippen LogP contribution in [0.15, 0.2) is 42.5 Å². The van der Waals surface area contributed by atoms with Crippen LogP contribution in [0.3, 0.4) is 0 Å². The molecule has 0 heterocycles. The number of para-hydroxylation sites is 1. The highest BCUT2D eigenvalue weighted by atomic mass is 35.5. The smallest absolute Gasteiger partial charge is 0.243 e. The minimum Gasteiger partial charge on any atom is -0.375 e. The minimum absolute atomic E-state index is 0.0114.